The highest BCUT2D eigenvalue weighted by Gasteiger charge is 2.12. The van der Waals surface area contributed by atoms with E-state index in [4.69, 9.17) is 5.73 Å². The molecule has 98 valence electrons. The molecule has 0 aliphatic rings. The summed E-state index contributed by atoms with van der Waals surface area (Å²) in [4.78, 5) is 21.9. The van der Waals surface area contributed by atoms with Gasteiger partial charge in [-0.05, 0) is 28.6 Å². The van der Waals surface area contributed by atoms with Crippen LogP contribution >= 0.6 is 11.8 Å². The Morgan fingerprint density at radius 1 is 1.42 bits per heavy atom. The first-order valence-corrected chi connectivity index (χ1v) is 6.01. The Kier molecular flexibility index (Phi) is 3.76. The van der Waals surface area contributed by atoms with Gasteiger partial charge in [0.05, 0.1) is 5.69 Å². The number of carbonyl (C=O) groups excluding carboxylic acids is 2. The van der Waals surface area contributed by atoms with Crippen molar-refractivity contribution < 1.29 is 9.59 Å². The van der Waals surface area contributed by atoms with Gasteiger partial charge in [-0.15, -0.1) is 5.10 Å². The molecule has 0 saturated carbocycles. The number of aromatic nitrogens is 4. The van der Waals surface area contributed by atoms with Gasteiger partial charge in [0, 0.05) is 24.4 Å². The van der Waals surface area contributed by atoms with E-state index in [0.29, 0.717) is 11.4 Å². The number of rotatable bonds is 3. The summed E-state index contributed by atoms with van der Waals surface area (Å²) in [6.07, 6.45) is 0. The summed E-state index contributed by atoms with van der Waals surface area (Å²) in [6.45, 7) is 1.41. The maximum absolute atomic E-state index is 11.0. The van der Waals surface area contributed by atoms with Gasteiger partial charge >= 0.3 is 0 Å². The molecule has 0 spiro atoms. The Balaban J connectivity index is 2.33. The third kappa shape index (κ3) is 3.28. The molecule has 0 aliphatic carbocycles. The summed E-state index contributed by atoms with van der Waals surface area (Å²) in [5, 5.41) is 13.3. The minimum absolute atomic E-state index is 0.180. The number of tetrazole rings is 1. The van der Waals surface area contributed by atoms with Crippen molar-refractivity contribution >= 4 is 28.6 Å². The van der Waals surface area contributed by atoms with Gasteiger partial charge in [-0.2, -0.15) is 4.68 Å². The molecule has 3 N–H and O–H groups in total. The molecule has 0 fully saturated rings. The van der Waals surface area contributed by atoms with Crippen molar-refractivity contribution in [3.8, 4) is 5.69 Å². The molecule has 2 rings (SSSR count). The first-order chi connectivity index (χ1) is 9.06. The SMILES string of the molecule is CC(=O)Nc1cccc(-n2nnnc2SC(N)=O)c1. The first kappa shape index (κ1) is 13.0. The standard InChI is InChI=1S/C10H10N6O2S/c1-6(17)12-7-3-2-4-8(5-7)16-10(13-14-15-16)19-9(11)18/h2-5H,1H3,(H2,11,18)(H,12,17). The Bertz CT molecular complexity index is 626. The van der Waals surface area contributed by atoms with E-state index in [1.807, 2.05) is 0 Å². The molecule has 0 atom stereocenters. The predicted octanol–water partition coefficient (Wildman–Crippen LogP) is 0.791. The molecule has 9 heteroatoms. The highest BCUT2D eigenvalue weighted by atomic mass is 32.2. The fraction of sp³-hybridized carbons (Fsp3) is 0.100. The molecule has 0 bridgehead atoms. The van der Waals surface area contributed by atoms with E-state index in [0.717, 1.165) is 11.8 Å². The van der Waals surface area contributed by atoms with Crippen molar-refractivity contribution in [2.24, 2.45) is 5.73 Å². The number of benzene rings is 1. The van der Waals surface area contributed by atoms with E-state index < -0.39 is 5.24 Å². The Morgan fingerprint density at radius 2 is 2.21 bits per heavy atom. The van der Waals surface area contributed by atoms with Crippen molar-refractivity contribution in [3.05, 3.63) is 24.3 Å². The normalized spacial score (nSPS) is 10.2. The number of nitrogens with two attached hydrogens (primary N) is 1. The Morgan fingerprint density at radius 3 is 2.89 bits per heavy atom. The maximum atomic E-state index is 11.0. The molecule has 0 unspecified atom stereocenters. The van der Waals surface area contributed by atoms with Crippen LogP contribution in [0, 0.1) is 0 Å². The highest BCUT2D eigenvalue weighted by molar-refractivity contribution is 8.13. The Labute approximate surface area is 112 Å². The van der Waals surface area contributed by atoms with E-state index in [2.05, 4.69) is 20.8 Å². The lowest BCUT2D eigenvalue weighted by atomic mass is 10.3. The summed E-state index contributed by atoms with van der Waals surface area (Å²) >= 11 is 0.725. The second kappa shape index (κ2) is 5.48. The summed E-state index contributed by atoms with van der Waals surface area (Å²) in [7, 11) is 0. The lowest BCUT2D eigenvalue weighted by molar-refractivity contribution is -0.114. The number of hydrogen-bond acceptors (Lipinski definition) is 6. The zero-order valence-electron chi connectivity index (χ0n) is 9.90. The van der Waals surface area contributed by atoms with Crippen molar-refractivity contribution in [2.75, 3.05) is 5.32 Å². The smallest absolute Gasteiger partial charge is 0.284 e. The minimum Gasteiger partial charge on any atom is -0.360 e. The van der Waals surface area contributed by atoms with E-state index in [9.17, 15) is 9.59 Å². The third-order valence-electron chi connectivity index (χ3n) is 2.04. The molecular formula is C10H10N6O2S. The van der Waals surface area contributed by atoms with Gasteiger partial charge in [-0.25, -0.2) is 0 Å². The largest absolute Gasteiger partial charge is 0.360 e. The van der Waals surface area contributed by atoms with Crippen LogP contribution in [-0.4, -0.2) is 31.4 Å². The summed E-state index contributed by atoms with van der Waals surface area (Å²) in [6, 6.07) is 6.90. The fourth-order valence-corrected chi connectivity index (χ4v) is 1.90. The lowest BCUT2D eigenvalue weighted by Gasteiger charge is -2.06. The van der Waals surface area contributed by atoms with E-state index >= 15 is 0 Å². The molecule has 2 aromatic rings. The van der Waals surface area contributed by atoms with Crippen LogP contribution in [0.3, 0.4) is 0 Å². The van der Waals surface area contributed by atoms with Crippen molar-refractivity contribution in [2.45, 2.75) is 12.1 Å². The molecule has 1 heterocycles. The molecule has 1 aromatic carbocycles. The topological polar surface area (TPSA) is 116 Å². The van der Waals surface area contributed by atoms with Crippen molar-refractivity contribution in [1.29, 1.82) is 0 Å². The number of carbonyl (C=O) groups is 2. The van der Waals surface area contributed by atoms with Gasteiger partial charge in [0.15, 0.2) is 0 Å². The number of thioether (sulfide) groups is 1. The van der Waals surface area contributed by atoms with Gasteiger partial charge in [-0.1, -0.05) is 6.07 Å². The average molecular weight is 278 g/mol. The number of primary amides is 1. The molecule has 19 heavy (non-hydrogen) atoms. The van der Waals surface area contributed by atoms with Crippen LogP contribution in [0.15, 0.2) is 29.4 Å². The zero-order valence-corrected chi connectivity index (χ0v) is 10.7. The van der Waals surface area contributed by atoms with Crippen LogP contribution in [0.2, 0.25) is 0 Å². The van der Waals surface area contributed by atoms with Crippen molar-refractivity contribution in [3.63, 3.8) is 0 Å². The summed E-state index contributed by atoms with van der Waals surface area (Å²) in [5.41, 5.74) is 6.30. The number of amides is 2. The fourth-order valence-electron chi connectivity index (χ4n) is 1.41. The second-order valence-electron chi connectivity index (χ2n) is 3.53. The number of anilines is 1. The van der Waals surface area contributed by atoms with Crippen LogP contribution in [0.25, 0.3) is 5.69 Å². The van der Waals surface area contributed by atoms with E-state index in [1.54, 1.807) is 24.3 Å². The van der Waals surface area contributed by atoms with Crippen LogP contribution < -0.4 is 11.1 Å². The molecule has 8 nitrogen and oxygen atoms in total. The first-order valence-electron chi connectivity index (χ1n) is 5.20. The van der Waals surface area contributed by atoms with Gasteiger partial charge in [0.2, 0.25) is 11.1 Å². The average Bonchev–Trinajstić information content (AvgIpc) is 2.75. The number of nitrogens with zero attached hydrogens (tertiary/aromatic N) is 4. The molecule has 0 aliphatic heterocycles. The molecular weight excluding hydrogens is 268 g/mol. The van der Waals surface area contributed by atoms with Gasteiger partial charge in [0.25, 0.3) is 5.24 Å². The molecule has 2 amide bonds. The highest BCUT2D eigenvalue weighted by Crippen LogP contribution is 2.20. The second-order valence-corrected chi connectivity index (χ2v) is 4.50. The Hall–Kier alpha value is -2.42. The van der Waals surface area contributed by atoms with E-state index in [-0.39, 0.29) is 11.1 Å². The lowest BCUT2D eigenvalue weighted by Crippen LogP contribution is -2.08. The van der Waals surface area contributed by atoms with Crippen LogP contribution in [0.5, 0.6) is 0 Å². The quantitative estimate of drug-likeness (QED) is 0.802. The minimum atomic E-state index is -0.603. The third-order valence-corrected chi connectivity index (χ3v) is 2.68. The number of nitrogens with one attached hydrogen (secondary N) is 1. The van der Waals surface area contributed by atoms with Crippen molar-refractivity contribution in [1.82, 2.24) is 20.2 Å². The summed E-state index contributed by atoms with van der Waals surface area (Å²) in [5.74, 6) is -0.180. The monoisotopic (exact) mass is 278 g/mol. The molecule has 0 radical (unpaired) electrons. The van der Waals surface area contributed by atoms with Crippen LogP contribution in [-0.2, 0) is 4.79 Å². The van der Waals surface area contributed by atoms with Gasteiger partial charge in [-0.3, -0.25) is 9.59 Å². The number of hydrogen-bond donors (Lipinski definition) is 2. The maximum Gasteiger partial charge on any atom is 0.284 e. The van der Waals surface area contributed by atoms with Crippen LogP contribution in [0.4, 0.5) is 10.5 Å². The molecule has 1 aromatic heterocycles. The summed E-state index contributed by atoms with van der Waals surface area (Å²) < 4.78 is 1.36. The van der Waals surface area contributed by atoms with Gasteiger partial charge < -0.3 is 11.1 Å². The van der Waals surface area contributed by atoms with Crippen LogP contribution in [0.1, 0.15) is 6.92 Å². The molecule has 0 saturated heterocycles. The van der Waals surface area contributed by atoms with E-state index in [1.165, 1.54) is 11.6 Å². The zero-order chi connectivity index (χ0) is 13.8. The van der Waals surface area contributed by atoms with Gasteiger partial charge in [0.1, 0.15) is 0 Å². The predicted molar refractivity (Wildman–Crippen MR) is 68.9 cm³/mol.